The summed E-state index contributed by atoms with van der Waals surface area (Å²) in [5, 5.41) is 9.60. The number of hydrogen-bond donors (Lipinski definition) is 2. The molecule has 0 atom stereocenters. The van der Waals surface area contributed by atoms with E-state index in [1.807, 2.05) is 35.0 Å². The van der Waals surface area contributed by atoms with Gasteiger partial charge < -0.3 is 15.5 Å². The molecule has 0 unspecified atom stereocenters. The van der Waals surface area contributed by atoms with E-state index in [2.05, 4.69) is 15.6 Å². The Morgan fingerprint density at radius 1 is 1.17 bits per heavy atom. The molecule has 150 valence electrons. The van der Waals surface area contributed by atoms with Crippen molar-refractivity contribution in [2.45, 2.75) is 26.2 Å². The smallest absolute Gasteiger partial charge is 0.230 e. The molecule has 0 saturated carbocycles. The van der Waals surface area contributed by atoms with Gasteiger partial charge in [-0.05, 0) is 30.5 Å². The average Bonchev–Trinajstić information content (AvgIpc) is 3.07. The quantitative estimate of drug-likeness (QED) is 0.812. The Labute approximate surface area is 172 Å². The van der Waals surface area contributed by atoms with Gasteiger partial charge in [0.05, 0.1) is 23.5 Å². The van der Waals surface area contributed by atoms with Crippen molar-refractivity contribution in [3.05, 3.63) is 40.6 Å². The summed E-state index contributed by atoms with van der Waals surface area (Å²) in [4.78, 5) is 42.5. The number of aliphatic imine (C=N–C) groups is 1. The minimum Gasteiger partial charge on any atom is -0.343 e. The number of benzene rings is 1. The number of carbonyl (C=O) groups is 3. The number of fused-ring (bicyclic) bond motifs is 1. The molecule has 0 spiro atoms. The van der Waals surface area contributed by atoms with Gasteiger partial charge in [-0.15, -0.1) is 11.3 Å². The molecule has 0 bridgehead atoms. The molecule has 7 nitrogen and oxygen atoms in total. The Morgan fingerprint density at radius 2 is 1.90 bits per heavy atom. The molecule has 2 N–H and O–H groups in total. The molecule has 1 saturated heterocycles. The third-order valence-electron chi connectivity index (χ3n) is 5.30. The third kappa shape index (κ3) is 4.37. The van der Waals surface area contributed by atoms with Crippen molar-refractivity contribution in [3.63, 3.8) is 0 Å². The average molecular weight is 410 g/mol. The van der Waals surface area contributed by atoms with Crippen molar-refractivity contribution in [3.8, 4) is 0 Å². The fraction of sp³-hybridized carbons (Fsp3) is 0.333. The molecule has 29 heavy (non-hydrogen) atoms. The van der Waals surface area contributed by atoms with Gasteiger partial charge in [0, 0.05) is 42.4 Å². The number of nitrogens with zero attached hydrogens (tertiary/aromatic N) is 2. The first-order valence-corrected chi connectivity index (χ1v) is 10.5. The topological polar surface area (TPSA) is 90.9 Å². The summed E-state index contributed by atoms with van der Waals surface area (Å²) >= 11 is 1.50. The van der Waals surface area contributed by atoms with Gasteiger partial charge in [-0.25, -0.2) is 4.99 Å². The second kappa shape index (κ2) is 8.16. The number of carbonyl (C=O) groups excluding carboxylic acids is 3. The first kappa shape index (κ1) is 19.3. The van der Waals surface area contributed by atoms with Crippen LogP contribution in [0.5, 0.6) is 0 Å². The first-order chi connectivity index (χ1) is 14.0. The number of likely N-dealkylation sites (tertiary alicyclic amines) is 1. The standard InChI is InChI=1S/C21H22N4O3S/c1-13(26)25-8-6-15(7-9-25)21(28)22-16-4-2-14(3-5-16)17-10-20(27)24-19-12-29-11-18(19)23-17/h2-5,11-12,15H,6-10H2,1H3,(H,22,28)(H,24,27). The highest BCUT2D eigenvalue weighted by molar-refractivity contribution is 7.09. The highest BCUT2D eigenvalue weighted by Crippen LogP contribution is 2.32. The summed E-state index contributed by atoms with van der Waals surface area (Å²) in [6.45, 7) is 2.81. The van der Waals surface area contributed by atoms with Crippen LogP contribution < -0.4 is 10.6 Å². The van der Waals surface area contributed by atoms with Crippen molar-refractivity contribution < 1.29 is 14.4 Å². The van der Waals surface area contributed by atoms with Crippen LogP contribution in [0.3, 0.4) is 0 Å². The second-order valence-electron chi connectivity index (χ2n) is 7.30. The van der Waals surface area contributed by atoms with Gasteiger partial charge in [0.25, 0.3) is 0 Å². The lowest BCUT2D eigenvalue weighted by molar-refractivity contribution is -0.132. The summed E-state index contributed by atoms with van der Waals surface area (Å²) < 4.78 is 0. The molecule has 1 aromatic carbocycles. The van der Waals surface area contributed by atoms with Crippen LogP contribution in [0.15, 0.2) is 40.0 Å². The van der Waals surface area contributed by atoms with Gasteiger partial charge in [0.2, 0.25) is 17.7 Å². The largest absolute Gasteiger partial charge is 0.343 e. The molecule has 0 radical (unpaired) electrons. The molecule has 3 amide bonds. The van der Waals surface area contributed by atoms with E-state index in [1.54, 1.807) is 11.8 Å². The molecule has 4 rings (SSSR count). The van der Waals surface area contributed by atoms with Crippen LogP contribution in [0.2, 0.25) is 0 Å². The van der Waals surface area contributed by atoms with Crippen LogP contribution in [0.25, 0.3) is 0 Å². The lowest BCUT2D eigenvalue weighted by atomic mass is 9.95. The maximum atomic E-state index is 12.5. The van der Waals surface area contributed by atoms with E-state index >= 15 is 0 Å². The Bertz CT molecular complexity index is 972. The van der Waals surface area contributed by atoms with Crippen LogP contribution in [-0.4, -0.2) is 41.4 Å². The van der Waals surface area contributed by atoms with Crippen LogP contribution in [0, 0.1) is 5.92 Å². The van der Waals surface area contributed by atoms with Crippen LogP contribution in [-0.2, 0) is 14.4 Å². The van der Waals surface area contributed by atoms with Crippen molar-refractivity contribution in [2.24, 2.45) is 10.9 Å². The minimum atomic E-state index is -0.0878. The molecule has 1 fully saturated rings. The summed E-state index contributed by atoms with van der Waals surface area (Å²) in [6.07, 6.45) is 1.57. The SMILES string of the molecule is CC(=O)N1CCC(C(=O)Nc2ccc(C3=Nc4cscc4NC(=O)C3)cc2)CC1. The fourth-order valence-electron chi connectivity index (χ4n) is 3.62. The van der Waals surface area contributed by atoms with E-state index < -0.39 is 0 Å². The molecule has 2 aliphatic rings. The minimum absolute atomic E-state index is 0.0185. The van der Waals surface area contributed by atoms with E-state index in [1.165, 1.54) is 11.3 Å². The molecule has 2 aromatic rings. The van der Waals surface area contributed by atoms with Crippen LogP contribution in [0.1, 0.15) is 31.7 Å². The molecule has 8 heteroatoms. The summed E-state index contributed by atoms with van der Waals surface area (Å²) in [7, 11) is 0. The van der Waals surface area contributed by atoms with Gasteiger partial charge in [0.15, 0.2) is 0 Å². The number of piperidine rings is 1. The molecule has 2 aliphatic heterocycles. The maximum Gasteiger partial charge on any atom is 0.230 e. The van der Waals surface area contributed by atoms with Gasteiger partial charge in [-0.1, -0.05) is 12.1 Å². The van der Waals surface area contributed by atoms with Crippen molar-refractivity contribution in [1.29, 1.82) is 0 Å². The van der Waals surface area contributed by atoms with E-state index in [4.69, 9.17) is 0 Å². The Balaban J connectivity index is 1.41. The van der Waals surface area contributed by atoms with E-state index in [0.29, 0.717) is 37.3 Å². The first-order valence-electron chi connectivity index (χ1n) is 9.60. The summed E-state index contributed by atoms with van der Waals surface area (Å²) in [5.74, 6) is -0.133. The zero-order valence-electron chi connectivity index (χ0n) is 16.1. The summed E-state index contributed by atoms with van der Waals surface area (Å²) in [5.41, 5.74) is 3.78. The summed E-state index contributed by atoms with van der Waals surface area (Å²) in [6, 6.07) is 7.41. The lowest BCUT2D eigenvalue weighted by Gasteiger charge is -2.30. The Morgan fingerprint density at radius 3 is 2.59 bits per heavy atom. The zero-order chi connectivity index (χ0) is 20.4. The van der Waals surface area contributed by atoms with Gasteiger partial charge in [-0.2, -0.15) is 0 Å². The monoisotopic (exact) mass is 410 g/mol. The second-order valence-corrected chi connectivity index (χ2v) is 8.04. The van der Waals surface area contributed by atoms with Gasteiger partial charge in [0.1, 0.15) is 0 Å². The highest BCUT2D eigenvalue weighted by atomic mass is 32.1. The number of rotatable bonds is 3. The van der Waals surface area contributed by atoms with Crippen LogP contribution >= 0.6 is 11.3 Å². The number of hydrogen-bond acceptors (Lipinski definition) is 5. The molecule has 3 heterocycles. The van der Waals surface area contributed by atoms with Gasteiger partial charge in [-0.3, -0.25) is 14.4 Å². The molecular weight excluding hydrogens is 388 g/mol. The molecule has 1 aromatic heterocycles. The predicted molar refractivity (Wildman–Crippen MR) is 114 cm³/mol. The molecule has 0 aliphatic carbocycles. The van der Waals surface area contributed by atoms with E-state index in [9.17, 15) is 14.4 Å². The normalized spacial score (nSPS) is 17.1. The number of amides is 3. The third-order valence-corrected chi connectivity index (χ3v) is 6.03. The van der Waals surface area contributed by atoms with Crippen molar-refractivity contribution in [1.82, 2.24) is 4.90 Å². The maximum absolute atomic E-state index is 12.5. The van der Waals surface area contributed by atoms with Gasteiger partial charge >= 0.3 is 0 Å². The van der Waals surface area contributed by atoms with E-state index in [0.717, 1.165) is 16.9 Å². The van der Waals surface area contributed by atoms with Crippen molar-refractivity contribution >= 4 is 51.8 Å². The zero-order valence-corrected chi connectivity index (χ0v) is 16.9. The van der Waals surface area contributed by atoms with Crippen molar-refractivity contribution in [2.75, 3.05) is 23.7 Å². The Hall–Kier alpha value is -3.00. The van der Waals surface area contributed by atoms with E-state index in [-0.39, 0.29) is 30.1 Å². The predicted octanol–water partition coefficient (Wildman–Crippen LogP) is 3.41. The number of nitrogens with one attached hydrogen (secondary N) is 2. The number of anilines is 2. The highest BCUT2D eigenvalue weighted by Gasteiger charge is 2.26. The fourth-order valence-corrected chi connectivity index (χ4v) is 4.31. The lowest BCUT2D eigenvalue weighted by Crippen LogP contribution is -2.40. The van der Waals surface area contributed by atoms with Crippen LogP contribution in [0.4, 0.5) is 17.1 Å². The Kier molecular flexibility index (Phi) is 5.44. The number of thiophene rings is 1. The molecular formula is C21H22N4O3S.